The van der Waals surface area contributed by atoms with Gasteiger partial charge in [-0.3, -0.25) is 0 Å². The predicted octanol–water partition coefficient (Wildman–Crippen LogP) is -1.21. The lowest BCUT2D eigenvalue weighted by atomic mass is 10.1. The molecule has 2 heterocycles. The highest BCUT2D eigenvalue weighted by Gasteiger charge is 2.52. The first-order valence-electron chi connectivity index (χ1n) is 4.79. The van der Waals surface area contributed by atoms with Crippen molar-refractivity contribution in [1.29, 1.82) is 0 Å². The van der Waals surface area contributed by atoms with Crippen LogP contribution in [0.25, 0.3) is 0 Å². The maximum Gasteiger partial charge on any atom is 0.338 e. The summed E-state index contributed by atoms with van der Waals surface area (Å²) in [6.45, 7) is 3.03. The third-order valence-corrected chi connectivity index (χ3v) is 2.49. The smallest absolute Gasteiger partial charge is 0.338 e. The summed E-state index contributed by atoms with van der Waals surface area (Å²) >= 11 is 0. The Morgan fingerprint density at radius 2 is 2.00 bits per heavy atom. The largest absolute Gasteiger partial charge is 0.461 e. The van der Waals surface area contributed by atoms with Crippen LogP contribution in [-0.4, -0.2) is 53.0 Å². The number of hydrogen-bond acceptors (Lipinski definition) is 6. The highest BCUT2D eigenvalue weighted by molar-refractivity contribution is 5.76. The molecule has 0 spiro atoms. The van der Waals surface area contributed by atoms with Gasteiger partial charge in [0, 0.05) is 0 Å². The van der Waals surface area contributed by atoms with Gasteiger partial charge in [0.15, 0.2) is 11.9 Å². The van der Waals surface area contributed by atoms with E-state index in [9.17, 15) is 15.0 Å². The Hall–Kier alpha value is -0.690. The average molecular weight is 218 g/mol. The Bertz CT molecular complexity index is 276. The molecule has 2 rings (SSSR count). The van der Waals surface area contributed by atoms with E-state index in [1.807, 2.05) is 0 Å². The average Bonchev–Trinajstić information content (AvgIpc) is 2.44. The van der Waals surface area contributed by atoms with Crippen LogP contribution < -0.4 is 0 Å². The molecule has 86 valence electrons. The molecule has 4 unspecified atom stereocenters. The lowest BCUT2D eigenvalue weighted by molar-refractivity contribution is -0.181. The van der Waals surface area contributed by atoms with Crippen molar-refractivity contribution < 1.29 is 29.2 Å². The van der Waals surface area contributed by atoms with Gasteiger partial charge in [-0.1, -0.05) is 0 Å². The first-order chi connectivity index (χ1) is 6.91. The van der Waals surface area contributed by atoms with Gasteiger partial charge in [-0.15, -0.1) is 0 Å². The fourth-order valence-electron chi connectivity index (χ4n) is 1.79. The van der Waals surface area contributed by atoms with Gasteiger partial charge in [-0.2, -0.15) is 0 Å². The highest BCUT2D eigenvalue weighted by atomic mass is 16.8. The molecule has 2 N–H and O–H groups in total. The van der Waals surface area contributed by atoms with Crippen LogP contribution in [0.1, 0.15) is 13.8 Å². The number of fused-ring (bicyclic) bond motifs is 1. The minimum absolute atomic E-state index is 0.236. The van der Waals surface area contributed by atoms with Crippen LogP contribution >= 0.6 is 0 Å². The lowest BCUT2D eigenvalue weighted by Gasteiger charge is -2.22. The predicted molar refractivity (Wildman–Crippen MR) is 46.8 cm³/mol. The molecule has 2 aliphatic heterocycles. The van der Waals surface area contributed by atoms with E-state index in [0.29, 0.717) is 0 Å². The molecule has 0 aromatic rings. The molecule has 2 aliphatic rings. The van der Waals surface area contributed by atoms with Crippen molar-refractivity contribution in [2.75, 3.05) is 6.61 Å². The van der Waals surface area contributed by atoms with E-state index >= 15 is 0 Å². The summed E-state index contributed by atoms with van der Waals surface area (Å²) in [4.78, 5) is 11.4. The number of carbonyl (C=O) groups excluding carboxylic acids is 1. The highest BCUT2D eigenvalue weighted by Crippen LogP contribution is 2.32. The van der Waals surface area contributed by atoms with Crippen LogP contribution in [0.15, 0.2) is 0 Å². The van der Waals surface area contributed by atoms with Crippen molar-refractivity contribution in [2.24, 2.45) is 0 Å². The molecular weight excluding hydrogens is 204 g/mol. The van der Waals surface area contributed by atoms with Gasteiger partial charge in [0.1, 0.15) is 24.9 Å². The van der Waals surface area contributed by atoms with Gasteiger partial charge in [-0.05, 0) is 13.8 Å². The molecule has 4 atom stereocenters. The van der Waals surface area contributed by atoms with Crippen LogP contribution in [0.5, 0.6) is 0 Å². The summed E-state index contributed by atoms with van der Waals surface area (Å²) in [5.41, 5.74) is 0. The maximum absolute atomic E-state index is 11.4. The standard InChI is InChI=1S/C9H14O6/c1-9(2)14-6-5(11)4(10)3-13-8(12)7(6)15-9/h4-7,10-11H,3H2,1-2H3. The van der Waals surface area contributed by atoms with Gasteiger partial charge in [0.2, 0.25) is 0 Å². The van der Waals surface area contributed by atoms with Crippen LogP contribution in [0.4, 0.5) is 0 Å². The van der Waals surface area contributed by atoms with E-state index in [1.165, 1.54) is 0 Å². The normalized spacial score (nSPS) is 44.4. The number of cyclic esters (lactones) is 1. The number of aliphatic hydroxyl groups excluding tert-OH is 2. The summed E-state index contributed by atoms with van der Waals surface area (Å²) in [6, 6.07) is 0. The topological polar surface area (TPSA) is 85.2 Å². The van der Waals surface area contributed by atoms with E-state index in [-0.39, 0.29) is 6.61 Å². The Kier molecular flexibility index (Phi) is 2.46. The molecule has 0 aromatic carbocycles. The first kappa shape index (κ1) is 10.8. The second-order valence-corrected chi connectivity index (χ2v) is 4.21. The van der Waals surface area contributed by atoms with Crippen molar-refractivity contribution >= 4 is 5.97 Å². The van der Waals surface area contributed by atoms with Gasteiger partial charge in [-0.25, -0.2) is 4.79 Å². The van der Waals surface area contributed by atoms with Crippen LogP contribution in [-0.2, 0) is 19.0 Å². The number of ether oxygens (including phenoxy) is 3. The van der Waals surface area contributed by atoms with Crippen molar-refractivity contribution in [1.82, 2.24) is 0 Å². The SMILES string of the molecule is CC1(C)OC2C(=O)OCC(O)C(O)C2O1. The van der Waals surface area contributed by atoms with Crippen molar-refractivity contribution in [3.63, 3.8) is 0 Å². The minimum Gasteiger partial charge on any atom is -0.461 e. The Morgan fingerprint density at radius 3 is 2.67 bits per heavy atom. The molecule has 0 saturated carbocycles. The van der Waals surface area contributed by atoms with Crippen LogP contribution in [0, 0.1) is 0 Å². The van der Waals surface area contributed by atoms with Gasteiger partial charge >= 0.3 is 5.97 Å². The van der Waals surface area contributed by atoms with Crippen LogP contribution in [0.3, 0.4) is 0 Å². The lowest BCUT2D eigenvalue weighted by Crippen LogP contribution is -2.43. The molecular formula is C9H14O6. The number of carbonyl (C=O) groups is 1. The van der Waals surface area contributed by atoms with E-state index in [0.717, 1.165) is 0 Å². The van der Waals surface area contributed by atoms with Gasteiger partial charge in [0.25, 0.3) is 0 Å². The molecule has 0 amide bonds. The maximum atomic E-state index is 11.4. The number of esters is 1. The number of hydrogen-bond donors (Lipinski definition) is 2. The zero-order valence-electron chi connectivity index (χ0n) is 8.54. The third kappa shape index (κ3) is 1.85. The molecule has 2 saturated heterocycles. The molecule has 0 aliphatic carbocycles. The molecule has 0 bridgehead atoms. The molecule has 15 heavy (non-hydrogen) atoms. The Morgan fingerprint density at radius 1 is 1.33 bits per heavy atom. The number of rotatable bonds is 0. The van der Waals surface area contributed by atoms with E-state index in [2.05, 4.69) is 0 Å². The van der Waals surface area contributed by atoms with E-state index in [1.54, 1.807) is 13.8 Å². The molecule has 0 aromatic heterocycles. The third-order valence-electron chi connectivity index (χ3n) is 2.49. The first-order valence-corrected chi connectivity index (χ1v) is 4.79. The monoisotopic (exact) mass is 218 g/mol. The van der Waals surface area contributed by atoms with Crippen molar-refractivity contribution in [3.05, 3.63) is 0 Å². The summed E-state index contributed by atoms with van der Waals surface area (Å²) in [7, 11) is 0. The summed E-state index contributed by atoms with van der Waals surface area (Å²) in [6.07, 6.45) is -4.15. The van der Waals surface area contributed by atoms with E-state index in [4.69, 9.17) is 14.2 Å². The fraction of sp³-hybridized carbons (Fsp3) is 0.889. The quantitative estimate of drug-likeness (QED) is 0.496. The number of aliphatic hydroxyl groups is 2. The molecule has 6 nitrogen and oxygen atoms in total. The van der Waals surface area contributed by atoms with Crippen molar-refractivity contribution in [3.8, 4) is 0 Å². The zero-order valence-corrected chi connectivity index (χ0v) is 8.54. The summed E-state index contributed by atoms with van der Waals surface area (Å²) in [5, 5.41) is 19.1. The van der Waals surface area contributed by atoms with Crippen LogP contribution in [0.2, 0.25) is 0 Å². The Labute approximate surface area is 86.7 Å². The summed E-state index contributed by atoms with van der Waals surface area (Å²) in [5.74, 6) is -1.56. The zero-order chi connectivity index (χ0) is 11.2. The summed E-state index contributed by atoms with van der Waals surface area (Å²) < 4.78 is 15.4. The fourth-order valence-corrected chi connectivity index (χ4v) is 1.79. The van der Waals surface area contributed by atoms with E-state index < -0.39 is 36.2 Å². The Balaban J connectivity index is 2.24. The second-order valence-electron chi connectivity index (χ2n) is 4.21. The minimum atomic E-state index is -1.18. The molecule has 6 heteroatoms. The van der Waals surface area contributed by atoms with Gasteiger partial charge < -0.3 is 24.4 Å². The van der Waals surface area contributed by atoms with Gasteiger partial charge in [0.05, 0.1) is 0 Å². The second kappa shape index (κ2) is 3.41. The van der Waals surface area contributed by atoms with Crippen molar-refractivity contribution in [2.45, 2.75) is 44.1 Å². The molecule has 0 radical (unpaired) electrons. The molecule has 2 fully saturated rings.